The van der Waals surface area contributed by atoms with Gasteiger partial charge in [-0.3, -0.25) is 4.79 Å². The molecule has 7 heteroatoms. The molecule has 0 unspecified atom stereocenters. The van der Waals surface area contributed by atoms with E-state index in [2.05, 4.69) is 34.7 Å². The molecule has 4 rings (SSSR count). The average molecular weight is 445 g/mol. The third-order valence-corrected chi connectivity index (χ3v) is 6.24. The monoisotopic (exact) mass is 444 g/mol. The quantitative estimate of drug-likeness (QED) is 0.626. The highest BCUT2D eigenvalue weighted by molar-refractivity contribution is 6.39. The summed E-state index contributed by atoms with van der Waals surface area (Å²) in [6.45, 7) is 4.78. The fourth-order valence-electron chi connectivity index (χ4n) is 4.02. The van der Waals surface area contributed by atoms with Crippen LogP contribution in [0.5, 0.6) is 0 Å². The molecule has 1 aliphatic heterocycles. The zero-order valence-corrected chi connectivity index (χ0v) is 18.3. The molecule has 0 spiro atoms. The van der Waals surface area contributed by atoms with E-state index in [1.165, 1.54) is 10.5 Å². The number of benzene rings is 2. The largest absolute Gasteiger partial charge is 0.360 e. The van der Waals surface area contributed by atoms with Crippen molar-refractivity contribution in [3.63, 3.8) is 0 Å². The molecular weight excluding hydrogens is 421 g/mol. The molecule has 30 heavy (non-hydrogen) atoms. The molecule has 1 aromatic heterocycles. The van der Waals surface area contributed by atoms with E-state index < -0.39 is 0 Å². The highest BCUT2D eigenvalue weighted by Gasteiger charge is 2.28. The van der Waals surface area contributed by atoms with Crippen molar-refractivity contribution in [2.75, 3.05) is 13.1 Å². The fraction of sp³-hybridized carbons (Fsp3) is 0.304. The van der Waals surface area contributed by atoms with E-state index in [4.69, 9.17) is 27.7 Å². The van der Waals surface area contributed by atoms with Crippen LogP contribution in [-0.4, -0.2) is 30.2 Å². The zero-order valence-electron chi connectivity index (χ0n) is 16.8. The van der Waals surface area contributed by atoms with Crippen molar-refractivity contribution in [3.8, 4) is 11.3 Å². The molecule has 3 aromatic rings. The lowest BCUT2D eigenvalue weighted by molar-refractivity contribution is -0.918. The van der Waals surface area contributed by atoms with Gasteiger partial charge in [0.2, 0.25) is 0 Å². The highest BCUT2D eigenvalue weighted by Crippen LogP contribution is 2.36. The Bertz CT molecular complexity index is 1010. The second-order valence-electron chi connectivity index (χ2n) is 7.72. The second kappa shape index (κ2) is 9.21. The Labute approximate surface area is 186 Å². The van der Waals surface area contributed by atoms with Gasteiger partial charge in [-0.05, 0) is 19.1 Å². The number of nitrogens with zero attached hydrogens (tertiary/aromatic N) is 1. The molecule has 0 radical (unpaired) electrons. The van der Waals surface area contributed by atoms with Gasteiger partial charge in [0, 0.05) is 30.0 Å². The van der Waals surface area contributed by atoms with Crippen molar-refractivity contribution in [2.45, 2.75) is 32.4 Å². The second-order valence-corrected chi connectivity index (χ2v) is 8.53. The van der Waals surface area contributed by atoms with Gasteiger partial charge in [-0.15, -0.1) is 0 Å². The van der Waals surface area contributed by atoms with Crippen molar-refractivity contribution in [1.82, 2.24) is 10.5 Å². The van der Waals surface area contributed by atoms with Gasteiger partial charge in [-0.1, -0.05) is 64.8 Å². The number of aryl methyl sites for hydroxylation is 1. The van der Waals surface area contributed by atoms with Crippen molar-refractivity contribution < 1.29 is 14.2 Å². The van der Waals surface area contributed by atoms with Crippen LogP contribution in [0.2, 0.25) is 10.0 Å². The Balaban J connectivity index is 1.43. The van der Waals surface area contributed by atoms with Gasteiger partial charge in [0.05, 0.1) is 23.1 Å². The van der Waals surface area contributed by atoms with Crippen molar-refractivity contribution in [3.05, 3.63) is 75.5 Å². The maximum Gasteiger partial charge on any atom is 0.257 e. The maximum absolute atomic E-state index is 13.1. The van der Waals surface area contributed by atoms with Crippen molar-refractivity contribution in [2.24, 2.45) is 0 Å². The Hall–Kier alpha value is -2.34. The molecule has 0 aliphatic carbocycles. The number of piperidine rings is 1. The number of amides is 1. The average Bonchev–Trinajstić information content (AvgIpc) is 3.11. The smallest absolute Gasteiger partial charge is 0.257 e. The zero-order chi connectivity index (χ0) is 21.1. The van der Waals surface area contributed by atoms with Gasteiger partial charge in [0.1, 0.15) is 23.6 Å². The molecule has 0 saturated carbocycles. The molecule has 1 aliphatic rings. The van der Waals surface area contributed by atoms with Crippen LogP contribution in [0.1, 0.15) is 34.5 Å². The summed E-state index contributed by atoms with van der Waals surface area (Å²) in [5, 5.41) is 8.10. The molecule has 5 nitrogen and oxygen atoms in total. The van der Waals surface area contributed by atoms with E-state index in [9.17, 15) is 4.79 Å². The van der Waals surface area contributed by atoms with Crippen molar-refractivity contribution in [1.29, 1.82) is 0 Å². The van der Waals surface area contributed by atoms with Gasteiger partial charge in [0.25, 0.3) is 5.91 Å². The lowest BCUT2D eigenvalue weighted by Crippen LogP contribution is -3.12. The van der Waals surface area contributed by atoms with Crippen LogP contribution in [0.25, 0.3) is 11.3 Å². The summed E-state index contributed by atoms with van der Waals surface area (Å²) >= 11 is 12.6. The van der Waals surface area contributed by atoms with Crippen LogP contribution in [0.4, 0.5) is 0 Å². The topological polar surface area (TPSA) is 59.6 Å². The predicted molar refractivity (Wildman–Crippen MR) is 118 cm³/mol. The minimum absolute atomic E-state index is 0.126. The number of quaternary nitrogens is 1. The first-order valence-electron chi connectivity index (χ1n) is 10.1. The molecule has 1 fully saturated rings. The third-order valence-electron chi connectivity index (χ3n) is 5.61. The van der Waals surface area contributed by atoms with Crippen LogP contribution in [0.15, 0.2) is 53.1 Å². The first-order valence-corrected chi connectivity index (χ1v) is 10.9. The van der Waals surface area contributed by atoms with E-state index in [0.717, 1.165) is 32.5 Å². The highest BCUT2D eigenvalue weighted by atomic mass is 35.5. The molecule has 0 bridgehead atoms. The number of rotatable bonds is 5. The molecule has 1 amide bonds. The number of hydrogen-bond donors (Lipinski definition) is 2. The normalized spacial score (nSPS) is 18.9. The van der Waals surface area contributed by atoms with Crippen LogP contribution < -0.4 is 10.2 Å². The Kier molecular flexibility index (Phi) is 6.42. The number of aromatic nitrogens is 1. The number of carbonyl (C=O) groups is 1. The van der Waals surface area contributed by atoms with E-state index in [-0.39, 0.29) is 11.9 Å². The van der Waals surface area contributed by atoms with Gasteiger partial charge >= 0.3 is 0 Å². The Morgan fingerprint density at radius 1 is 1.10 bits per heavy atom. The summed E-state index contributed by atoms with van der Waals surface area (Å²) in [6.07, 6.45) is 1.86. The summed E-state index contributed by atoms with van der Waals surface area (Å²) in [7, 11) is 0. The van der Waals surface area contributed by atoms with Crippen LogP contribution in [-0.2, 0) is 6.54 Å². The van der Waals surface area contributed by atoms with Gasteiger partial charge in [0.15, 0.2) is 0 Å². The molecular formula is C23H24Cl2N3O2+. The number of nitrogens with one attached hydrogen (secondary N) is 2. The molecule has 0 atom stereocenters. The molecule has 2 heterocycles. The van der Waals surface area contributed by atoms with Gasteiger partial charge < -0.3 is 14.7 Å². The van der Waals surface area contributed by atoms with Gasteiger partial charge in [-0.2, -0.15) is 0 Å². The number of carbonyl (C=O) groups excluding carboxylic acids is 1. The number of likely N-dealkylation sites (tertiary alicyclic amines) is 1. The summed E-state index contributed by atoms with van der Waals surface area (Å²) in [5.41, 5.74) is 2.64. The molecule has 1 saturated heterocycles. The maximum atomic E-state index is 13.1. The van der Waals surface area contributed by atoms with Crippen molar-refractivity contribution >= 4 is 29.1 Å². The summed E-state index contributed by atoms with van der Waals surface area (Å²) in [5.74, 6) is 0.252. The molecule has 2 aromatic carbocycles. The fourth-order valence-corrected chi connectivity index (χ4v) is 4.60. The summed E-state index contributed by atoms with van der Waals surface area (Å²) in [4.78, 5) is 14.6. The van der Waals surface area contributed by atoms with E-state index in [0.29, 0.717) is 32.6 Å². The van der Waals surface area contributed by atoms with Crippen LogP contribution in [0.3, 0.4) is 0 Å². The number of halogens is 2. The van der Waals surface area contributed by atoms with Crippen LogP contribution >= 0.6 is 23.2 Å². The summed E-state index contributed by atoms with van der Waals surface area (Å²) < 4.78 is 5.32. The number of hydrogen-bond acceptors (Lipinski definition) is 3. The Morgan fingerprint density at radius 3 is 2.43 bits per heavy atom. The minimum Gasteiger partial charge on any atom is -0.360 e. The SMILES string of the molecule is Cc1onc(-c2c(Cl)cccc2Cl)c1C(=O)NC1CC[NH+](Cc2ccccc2)CC1. The van der Waals surface area contributed by atoms with Crippen LogP contribution in [0, 0.1) is 6.92 Å². The molecule has 156 valence electrons. The minimum atomic E-state index is -0.198. The molecule has 2 N–H and O–H groups in total. The summed E-state index contributed by atoms with van der Waals surface area (Å²) in [6, 6.07) is 15.8. The first-order chi connectivity index (χ1) is 14.5. The van der Waals surface area contributed by atoms with E-state index >= 15 is 0 Å². The predicted octanol–water partition coefficient (Wildman–Crippen LogP) is 3.93. The van der Waals surface area contributed by atoms with Gasteiger partial charge in [-0.25, -0.2) is 0 Å². The Morgan fingerprint density at radius 2 is 1.77 bits per heavy atom. The third kappa shape index (κ3) is 4.53. The van der Waals surface area contributed by atoms with E-state index in [1.807, 2.05) is 6.07 Å². The first kappa shape index (κ1) is 20.9. The lowest BCUT2D eigenvalue weighted by atomic mass is 10.0. The standard InChI is InChI=1S/C23H23Cl2N3O2/c1-15-20(22(27-30-15)21-18(24)8-5-9-19(21)25)23(29)26-17-10-12-28(13-11-17)14-16-6-3-2-4-7-16/h2-9,17H,10-14H2,1H3,(H,26,29)/p+1. The lowest BCUT2D eigenvalue weighted by Gasteiger charge is -2.29. The van der Waals surface area contributed by atoms with E-state index in [1.54, 1.807) is 25.1 Å².